The van der Waals surface area contributed by atoms with E-state index in [-0.39, 0.29) is 5.90 Å². The van der Waals surface area contributed by atoms with Gasteiger partial charge in [-0.25, -0.2) is 4.98 Å². The smallest absolute Gasteiger partial charge is 0.212 e. The van der Waals surface area contributed by atoms with Crippen molar-refractivity contribution in [3.63, 3.8) is 0 Å². The number of para-hydroxylation sites is 1. The highest BCUT2D eigenvalue weighted by molar-refractivity contribution is 5.96. The molecule has 0 atom stereocenters. The van der Waals surface area contributed by atoms with Crippen LogP contribution in [0.2, 0.25) is 0 Å². The maximum atomic E-state index is 7.87. The van der Waals surface area contributed by atoms with E-state index in [1.54, 1.807) is 13.3 Å². The van der Waals surface area contributed by atoms with Crippen LogP contribution in [0.5, 0.6) is 5.75 Å². The summed E-state index contributed by atoms with van der Waals surface area (Å²) in [5, 5.41) is 16.2. The topological polar surface area (TPSA) is 83.9 Å². The third kappa shape index (κ3) is 3.96. The van der Waals surface area contributed by atoms with E-state index >= 15 is 0 Å². The van der Waals surface area contributed by atoms with Crippen LogP contribution < -0.4 is 4.74 Å². The Balaban J connectivity index is 0.00000117. The summed E-state index contributed by atoms with van der Waals surface area (Å²) in [5.41, 5.74) is 5.03. The van der Waals surface area contributed by atoms with E-state index in [0.717, 1.165) is 33.5 Å². The van der Waals surface area contributed by atoms with E-state index < -0.39 is 0 Å². The van der Waals surface area contributed by atoms with Gasteiger partial charge in [0.15, 0.2) is 5.65 Å². The molecule has 0 radical (unpaired) electrons. The minimum Gasteiger partial charge on any atom is -0.496 e. The van der Waals surface area contributed by atoms with Gasteiger partial charge in [-0.3, -0.25) is 10.5 Å². The van der Waals surface area contributed by atoms with E-state index in [1.165, 1.54) is 7.11 Å². The first-order valence-electron chi connectivity index (χ1n) is 9.42. The van der Waals surface area contributed by atoms with Crippen molar-refractivity contribution < 1.29 is 9.47 Å². The molecule has 4 aromatic rings. The molecule has 0 bridgehead atoms. The van der Waals surface area contributed by atoms with Gasteiger partial charge in [-0.1, -0.05) is 38.1 Å². The maximum absolute atomic E-state index is 7.87. The van der Waals surface area contributed by atoms with Crippen molar-refractivity contribution in [3.8, 4) is 28.1 Å². The van der Waals surface area contributed by atoms with Crippen molar-refractivity contribution in [2.75, 3.05) is 14.2 Å². The highest BCUT2D eigenvalue weighted by atomic mass is 16.5. The molecule has 6 nitrogen and oxygen atoms in total. The summed E-state index contributed by atoms with van der Waals surface area (Å²) in [7, 11) is 3.14. The summed E-state index contributed by atoms with van der Waals surface area (Å²) in [6.07, 6.45) is 1.78. The van der Waals surface area contributed by atoms with E-state index in [2.05, 4.69) is 15.2 Å². The first-order valence-corrected chi connectivity index (χ1v) is 9.42. The van der Waals surface area contributed by atoms with Gasteiger partial charge in [-0.05, 0) is 35.9 Å². The monoisotopic (exact) mass is 388 g/mol. The minimum absolute atomic E-state index is 0.129. The molecule has 0 saturated heterocycles. The number of rotatable bonds is 4. The molecule has 4 rings (SSSR count). The maximum Gasteiger partial charge on any atom is 0.212 e. The molecule has 0 aliphatic rings. The molecule has 2 N–H and O–H groups in total. The van der Waals surface area contributed by atoms with Crippen molar-refractivity contribution >= 4 is 16.9 Å². The van der Waals surface area contributed by atoms with E-state index in [0.29, 0.717) is 11.2 Å². The normalized spacial score (nSPS) is 10.2. The van der Waals surface area contributed by atoms with Crippen LogP contribution in [0, 0.1) is 5.41 Å². The van der Waals surface area contributed by atoms with Crippen LogP contribution in [-0.4, -0.2) is 35.3 Å². The molecule has 29 heavy (non-hydrogen) atoms. The quantitative estimate of drug-likeness (QED) is 0.367. The first-order chi connectivity index (χ1) is 14.2. The molecule has 6 heteroatoms. The number of ether oxygens (including phenoxy) is 2. The zero-order valence-electron chi connectivity index (χ0n) is 17.0. The Morgan fingerprint density at radius 2 is 1.76 bits per heavy atom. The van der Waals surface area contributed by atoms with Crippen LogP contribution in [0.1, 0.15) is 19.4 Å². The fourth-order valence-electron chi connectivity index (χ4n) is 3.07. The first kappa shape index (κ1) is 20.1. The van der Waals surface area contributed by atoms with Crippen molar-refractivity contribution in [1.82, 2.24) is 15.2 Å². The summed E-state index contributed by atoms with van der Waals surface area (Å²) in [4.78, 5) is 4.49. The second-order valence-corrected chi connectivity index (χ2v) is 6.01. The molecule has 0 unspecified atom stereocenters. The van der Waals surface area contributed by atoms with Gasteiger partial charge in [0.25, 0.3) is 0 Å². The summed E-state index contributed by atoms with van der Waals surface area (Å²) in [6.45, 7) is 4.00. The molecule has 148 valence electrons. The molecule has 2 aromatic carbocycles. The van der Waals surface area contributed by atoms with Gasteiger partial charge < -0.3 is 9.47 Å². The largest absolute Gasteiger partial charge is 0.496 e. The third-order valence-electron chi connectivity index (χ3n) is 4.45. The van der Waals surface area contributed by atoms with Crippen LogP contribution in [0.15, 0.2) is 60.8 Å². The molecule has 0 fully saturated rings. The van der Waals surface area contributed by atoms with Crippen molar-refractivity contribution in [3.05, 3.63) is 66.4 Å². The van der Waals surface area contributed by atoms with Gasteiger partial charge >= 0.3 is 0 Å². The molecule has 2 aromatic heterocycles. The number of aromatic amines is 1. The molecule has 2 heterocycles. The molecule has 0 saturated carbocycles. The van der Waals surface area contributed by atoms with Crippen molar-refractivity contribution in [2.24, 2.45) is 0 Å². The minimum atomic E-state index is 0.129. The molecule has 0 aliphatic carbocycles. The van der Waals surface area contributed by atoms with Gasteiger partial charge in [0.2, 0.25) is 5.90 Å². The number of nitrogens with one attached hydrogen (secondary N) is 2. The van der Waals surface area contributed by atoms with E-state index in [4.69, 9.17) is 14.9 Å². The molecule has 0 amide bonds. The van der Waals surface area contributed by atoms with E-state index in [1.807, 2.05) is 68.4 Å². The molecular weight excluding hydrogens is 364 g/mol. The zero-order valence-corrected chi connectivity index (χ0v) is 17.0. The second kappa shape index (κ2) is 9.01. The van der Waals surface area contributed by atoms with Crippen molar-refractivity contribution in [2.45, 2.75) is 13.8 Å². The highest BCUT2D eigenvalue weighted by Gasteiger charge is 2.14. The summed E-state index contributed by atoms with van der Waals surface area (Å²) in [5.74, 6) is 0.896. The molecule has 0 spiro atoms. The SMILES string of the molecule is CC.COC(=N)c1cccc(-c2cnc3n[nH]c(-c4ccccc4OC)c3c2)c1. The van der Waals surface area contributed by atoms with Crippen LogP contribution in [0.25, 0.3) is 33.4 Å². The van der Waals surface area contributed by atoms with Crippen LogP contribution >= 0.6 is 0 Å². The Kier molecular flexibility index (Phi) is 6.24. The molecule has 0 aliphatic heterocycles. The Morgan fingerprint density at radius 1 is 0.966 bits per heavy atom. The number of pyridine rings is 1. The number of aromatic nitrogens is 3. The van der Waals surface area contributed by atoms with Crippen molar-refractivity contribution in [1.29, 1.82) is 5.41 Å². The summed E-state index contributed by atoms with van der Waals surface area (Å²) in [6, 6.07) is 17.5. The number of hydrogen-bond donors (Lipinski definition) is 2. The lowest BCUT2D eigenvalue weighted by Gasteiger charge is -2.08. The van der Waals surface area contributed by atoms with Gasteiger partial charge in [0.05, 0.1) is 19.9 Å². The average Bonchev–Trinajstić information content (AvgIpc) is 3.23. The second-order valence-electron chi connectivity index (χ2n) is 6.01. The Bertz CT molecular complexity index is 1130. The number of H-pyrrole nitrogens is 1. The Labute approximate surface area is 170 Å². The number of methoxy groups -OCH3 is 2. The lowest BCUT2D eigenvalue weighted by molar-refractivity contribution is 0.401. The third-order valence-corrected chi connectivity index (χ3v) is 4.45. The number of hydrogen-bond acceptors (Lipinski definition) is 5. The number of benzene rings is 2. The lowest BCUT2D eigenvalue weighted by atomic mass is 10.0. The Morgan fingerprint density at radius 3 is 2.52 bits per heavy atom. The van der Waals surface area contributed by atoms with Gasteiger partial charge in [-0.2, -0.15) is 5.10 Å². The van der Waals surface area contributed by atoms with Crippen LogP contribution in [-0.2, 0) is 4.74 Å². The predicted molar refractivity (Wildman–Crippen MR) is 116 cm³/mol. The van der Waals surface area contributed by atoms with Crippen LogP contribution in [0.3, 0.4) is 0 Å². The fourth-order valence-corrected chi connectivity index (χ4v) is 3.07. The fraction of sp³-hybridized carbons (Fsp3) is 0.174. The summed E-state index contributed by atoms with van der Waals surface area (Å²) < 4.78 is 10.5. The standard InChI is InChI=1S/C21H18N4O2.C2H6/c1-26-18-9-4-3-8-16(18)19-17-11-15(12-23-21(17)25-24-19)13-6-5-7-14(10-13)20(22)27-2;1-2/h3-12,22H,1-2H3,(H,23,24,25);1-2H3. The zero-order chi connectivity index (χ0) is 20.8. The highest BCUT2D eigenvalue weighted by Crippen LogP contribution is 2.34. The van der Waals surface area contributed by atoms with Gasteiger partial charge in [0, 0.05) is 28.3 Å². The predicted octanol–water partition coefficient (Wildman–Crippen LogP) is 5.30. The van der Waals surface area contributed by atoms with Gasteiger partial charge in [0.1, 0.15) is 5.75 Å². The molecular formula is C23H24N4O2. The van der Waals surface area contributed by atoms with Crippen LogP contribution in [0.4, 0.5) is 0 Å². The Hall–Kier alpha value is -3.67. The summed E-state index contributed by atoms with van der Waals surface area (Å²) >= 11 is 0. The van der Waals surface area contributed by atoms with Gasteiger partial charge in [-0.15, -0.1) is 0 Å². The number of fused-ring (bicyclic) bond motifs is 1. The average molecular weight is 388 g/mol. The number of nitrogens with zero attached hydrogens (tertiary/aromatic N) is 2. The lowest BCUT2D eigenvalue weighted by Crippen LogP contribution is -2.00. The van der Waals surface area contributed by atoms with E-state index in [9.17, 15) is 0 Å².